The molecule has 0 amide bonds. The van der Waals surface area contributed by atoms with Gasteiger partial charge in [0.05, 0.1) is 19.8 Å². The summed E-state index contributed by atoms with van der Waals surface area (Å²) in [6.07, 6.45) is 0.510. The summed E-state index contributed by atoms with van der Waals surface area (Å²) in [7, 11) is 0.987. The molecule has 13 heavy (non-hydrogen) atoms. The molecular weight excluding hydrogens is 206 g/mol. The van der Waals surface area contributed by atoms with Crippen LogP contribution in [0.4, 0.5) is 8.78 Å². The average molecular weight is 215 g/mol. The van der Waals surface area contributed by atoms with E-state index in [9.17, 15) is 13.6 Å². The molecule has 0 aromatic rings. The monoisotopic (exact) mass is 214 g/mol. The van der Waals surface area contributed by atoms with E-state index in [1.807, 2.05) is 0 Å². The Morgan fingerprint density at radius 2 is 2.15 bits per heavy atom. The molecule has 0 aliphatic heterocycles. The van der Waals surface area contributed by atoms with Crippen LogP contribution < -0.4 is 0 Å². The maximum Gasteiger partial charge on any atom is 0.379 e. The van der Waals surface area contributed by atoms with Gasteiger partial charge in [-0.2, -0.15) is 8.78 Å². The lowest BCUT2D eigenvalue weighted by Gasteiger charge is -2.10. The summed E-state index contributed by atoms with van der Waals surface area (Å²) in [6.45, 7) is 1.65. The summed E-state index contributed by atoms with van der Waals surface area (Å²) in [5, 5.41) is -3.69. The van der Waals surface area contributed by atoms with E-state index in [2.05, 4.69) is 21.1 Å². The molecule has 3 nitrogen and oxygen atoms in total. The van der Waals surface area contributed by atoms with Crippen LogP contribution in [-0.4, -0.2) is 25.1 Å². The van der Waals surface area contributed by atoms with Gasteiger partial charge in [0.15, 0.2) is 5.76 Å². The van der Waals surface area contributed by atoms with E-state index in [-0.39, 0.29) is 6.61 Å². The minimum Gasteiger partial charge on any atom is -0.493 e. The summed E-state index contributed by atoms with van der Waals surface area (Å²) < 4.78 is 33.3. The quantitative estimate of drug-likeness (QED) is 0.310. The lowest BCUT2D eigenvalue weighted by Crippen LogP contribution is -2.14. The van der Waals surface area contributed by atoms with E-state index < -0.39 is 17.1 Å². The van der Waals surface area contributed by atoms with Gasteiger partial charge in [-0.05, 0) is 18.5 Å². The molecule has 0 aliphatic rings. The fraction of sp³-hybridized carbons (Fsp3) is 0.571. The zero-order valence-electron chi connectivity index (χ0n) is 7.14. The molecule has 0 N–H and O–H groups in total. The SMILES string of the molecule is CCOC(=O)/C=C(\OC)C(F)(F)Cl. The third-order valence-electron chi connectivity index (χ3n) is 1.03. The van der Waals surface area contributed by atoms with Crippen molar-refractivity contribution in [3.05, 3.63) is 11.8 Å². The molecule has 0 atom stereocenters. The van der Waals surface area contributed by atoms with Gasteiger partial charge in [-0.1, -0.05) is 0 Å². The third kappa shape index (κ3) is 4.67. The average Bonchev–Trinajstić information content (AvgIpc) is 1.98. The van der Waals surface area contributed by atoms with Crippen molar-refractivity contribution in [2.75, 3.05) is 13.7 Å². The molecule has 0 aromatic carbocycles. The van der Waals surface area contributed by atoms with Crippen LogP contribution in [0.3, 0.4) is 0 Å². The molecule has 0 rings (SSSR count). The fourth-order valence-corrected chi connectivity index (χ4v) is 0.679. The smallest absolute Gasteiger partial charge is 0.379 e. The van der Waals surface area contributed by atoms with Gasteiger partial charge in [0.2, 0.25) is 0 Å². The van der Waals surface area contributed by atoms with E-state index in [1.165, 1.54) is 0 Å². The van der Waals surface area contributed by atoms with Gasteiger partial charge in [0.25, 0.3) is 0 Å². The van der Waals surface area contributed by atoms with Crippen molar-refractivity contribution in [3.8, 4) is 0 Å². The molecule has 0 saturated carbocycles. The summed E-state index contributed by atoms with van der Waals surface area (Å²) in [5.74, 6) is -1.85. The van der Waals surface area contributed by atoms with E-state index in [0.29, 0.717) is 6.08 Å². The number of hydrogen-bond donors (Lipinski definition) is 0. The lowest BCUT2D eigenvalue weighted by molar-refractivity contribution is -0.137. The van der Waals surface area contributed by atoms with Gasteiger partial charge >= 0.3 is 11.4 Å². The number of ether oxygens (including phenoxy) is 2. The number of esters is 1. The highest BCUT2D eigenvalue weighted by atomic mass is 35.5. The van der Waals surface area contributed by atoms with Crippen molar-refractivity contribution in [2.24, 2.45) is 0 Å². The Kier molecular flexibility index (Phi) is 4.69. The minimum absolute atomic E-state index is 0.0974. The molecule has 0 bridgehead atoms. The molecule has 0 spiro atoms. The van der Waals surface area contributed by atoms with Crippen molar-refractivity contribution in [1.29, 1.82) is 0 Å². The van der Waals surface area contributed by atoms with Gasteiger partial charge in [0.1, 0.15) is 0 Å². The molecule has 6 heteroatoms. The van der Waals surface area contributed by atoms with Crippen molar-refractivity contribution in [3.63, 3.8) is 0 Å². The number of allylic oxidation sites excluding steroid dienone is 1. The van der Waals surface area contributed by atoms with Crippen LogP contribution in [0.5, 0.6) is 0 Å². The molecule has 76 valence electrons. The number of alkyl halides is 3. The molecule has 0 unspecified atom stereocenters. The summed E-state index contributed by atoms with van der Waals surface area (Å²) in [4.78, 5) is 10.7. The Bertz CT molecular complexity index is 210. The van der Waals surface area contributed by atoms with Gasteiger partial charge in [0, 0.05) is 0 Å². The topological polar surface area (TPSA) is 35.5 Å². The standard InChI is InChI=1S/C7H9ClF2O3/c1-3-13-6(11)4-5(12-2)7(8,9)10/h4H,3H2,1-2H3/b5-4-. The van der Waals surface area contributed by atoms with E-state index in [4.69, 9.17) is 0 Å². The third-order valence-corrected chi connectivity index (χ3v) is 1.22. The maximum atomic E-state index is 12.4. The van der Waals surface area contributed by atoms with E-state index >= 15 is 0 Å². The van der Waals surface area contributed by atoms with Gasteiger partial charge in [-0.25, -0.2) is 4.79 Å². The largest absolute Gasteiger partial charge is 0.493 e. The van der Waals surface area contributed by atoms with E-state index in [0.717, 1.165) is 7.11 Å². The fourth-order valence-electron chi connectivity index (χ4n) is 0.547. The van der Waals surface area contributed by atoms with Crippen LogP contribution in [0.25, 0.3) is 0 Å². The normalized spacial score (nSPS) is 12.5. The Morgan fingerprint density at radius 1 is 1.62 bits per heavy atom. The second-order valence-corrected chi connectivity index (χ2v) is 2.44. The van der Waals surface area contributed by atoms with Crippen molar-refractivity contribution in [2.45, 2.75) is 12.3 Å². The highest BCUT2D eigenvalue weighted by Crippen LogP contribution is 2.28. The Labute approximate surface area is 79.3 Å². The van der Waals surface area contributed by atoms with Crippen LogP contribution in [0.1, 0.15) is 6.92 Å². The van der Waals surface area contributed by atoms with Crippen molar-refractivity contribution >= 4 is 17.6 Å². The first-order chi connectivity index (χ1) is 5.91. The second-order valence-electron chi connectivity index (χ2n) is 1.96. The summed E-state index contributed by atoms with van der Waals surface area (Å²) >= 11 is 4.61. The lowest BCUT2D eigenvalue weighted by atomic mass is 10.4. The molecule has 0 aromatic heterocycles. The Morgan fingerprint density at radius 3 is 2.46 bits per heavy atom. The minimum atomic E-state index is -3.69. The molecular formula is C7H9ClF2O3. The Balaban J connectivity index is 4.48. The molecule has 0 fully saturated rings. The first-order valence-corrected chi connectivity index (χ1v) is 3.79. The number of carbonyl (C=O) groups excluding carboxylic acids is 1. The van der Waals surface area contributed by atoms with Crippen LogP contribution in [-0.2, 0) is 14.3 Å². The molecule has 0 heterocycles. The van der Waals surface area contributed by atoms with Crippen LogP contribution in [0, 0.1) is 0 Å². The van der Waals surface area contributed by atoms with Gasteiger partial charge in [-0.15, -0.1) is 0 Å². The molecule has 0 radical (unpaired) electrons. The zero-order chi connectivity index (χ0) is 10.5. The van der Waals surface area contributed by atoms with E-state index in [1.54, 1.807) is 6.92 Å². The highest BCUT2D eigenvalue weighted by molar-refractivity contribution is 6.23. The summed E-state index contributed by atoms with van der Waals surface area (Å²) in [5.41, 5.74) is 0. The second kappa shape index (κ2) is 5.01. The van der Waals surface area contributed by atoms with Crippen LogP contribution in [0.2, 0.25) is 0 Å². The molecule has 0 aliphatic carbocycles. The van der Waals surface area contributed by atoms with Gasteiger partial charge in [-0.3, -0.25) is 0 Å². The number of hydrogen-bond acceptors (Lipinski definition) is 3. The van der Waals surface area contributed by atoms with Crippen molar-refractivity contribution in [1.82, 2.24) is 0 Å². The zero-order valence-corrected chi connectivity index (χ0v) is 7.90. The first kappa shape index (κ1) is 12.2. The van der Waals surface area contributed by atoms with Gasteiger partial charge < -0.3 is 9.47 Å². The van der Waals surface area contributed by atoms with Crippen LogP contribution >= 0.6 is 11.6 Å². The predicted molar refractivity (Wildman–Crippen MR) is 42.5 cm³/mol. The van der Waals surface area contributed by atoms with Crippen LogP contribution in [0.15, 0.2) is 11.8 Å². The number of carbonyl (C=O) groups is 1. The Hall–Kier alpha value is -0.840. The highest BCUT2D eigenvalue weighted by Gasteiger charge is 2.33. The predicted octanol–water partition coefficient (Wildman–Crippen LogP) is 1.91. The number of halogens is 3. The molecule has 0 saturated heterocycles. The summed E-state index contributed by atoms with van der Waals surface area (Å²) in [6, 6.07) is 0. The first-order valence-electron chi connectivity index (χ1n) is 3.41. The van der Waals surface area contributed by atoms with Crippen molar-refractivity contribution < 1.29 is 23.0 Å². The maximum absolute atomic E-state index is 12.4. The number of methoxy groups -OCH3 is 1. The number of rotatable bonds is 4.